The van der Waals surface area contributed by atoms with E-state index in [0.717, 1.165) is 6.07 Å². The highest BCUT2D eigenvalue weighted by Gasteiger charge is 2.12. The minimum Gasteiger partial charge on any atom is -0.489 e. The van der Waals surface area contributed by atoms with E-state index >= 15 is 0 Å². The van der Waals surface area contributed by atoms with E-state index in [0.29, 0.717) is 5.56 Å². The van der Waals surface area contributed by atoms with Gasteiger partial charge in [0, 0.05) is 5.56 Å². The first-order valence-electron chi connectivity index (χ1n) is 6.92. The number of hydrogen-bond acceptors (Lipinski definition) is 4. The molecule has 0 bridgehead atoms. The zero-order valence-corrected chi connectivity index (χ0v) is 12.2. The fraction of sp³-hybridized carbons (Fsp3) is 0.235. The van der Waals surface area contributed by atoms with Gasteiger partial charge in [-0.2, -0.15) is 5.26 Å². The number of halogens is 2. The maximum Gasteiger partial charge on any atom is 0.144 e. The lowest BCUT2D eigenvalue weighted by Gasteiger charge is -2.14. The van der Waals surface area contributed by atoms with E-state index in [9.17, 15) is 13.9 Å². The van der Waals surface area contributed by atoms with Gasteiger partial charge in [-0.3, -0.25) is 0 Å². The predicted molar refractivity (Wildman–Crippen MR) is 78.7 cm³/mol. The van der Waals surface area contributed by atoms with Crippen LogP contribution in [-0.2, 0) is 11.3 Å². The molecule has 1 N–H and O–H groups in total. The van der Waals surface area contributed by atoms with E-state index < -0.39 is 11.9 Å². The molecule has 120 valence electrons. The highest BCUT2D eigenvalue weighted by molar-refractivity contribution is 5.43. The largest absolute Gasteiger partial charge is 0.489 e. The molecule has 0 heterocycles. The monoisotopic (exact) mass is 319 g/mol. The standard InChI is InChI=1S/C17H15F2NO3/c18-15-5-2-1-4-12(15)9-22-10-13(21)11-23-17-7-3-6-16(19)14(17)8-20/h1-7,13,21H,9-11H2. The molecule has 0 aromatic heterocycles. The highest BCUT2D eigenvalue weighted by Crippen LogP contribution is 2.20. The van der Waals surface area contributed by atoms with Gasteiger partial charge in [0.25, 0.3) is 0 Å². The molecule has 0 aliphatic rings. The number of ether oxygens (including phenoxy) is 2. The number of nitrogens with zero attached hydrogens (tertiary/aromatic N) is 1. The van der Waals surface area contributed by atoms with E-state index in [1.807, 2.05) is 0 Å². The Balaban J connectivity index is 1.80. The Morgan fingerprint density at radius 1 is 1.04 bits per heavy atom. The van der Waals surface area contributed by atoms with Crippen molar-refractivity contribution in [3.63, 3.8) is 0 Å². The van der Waals surface area contributed by atoms with E-state index in [4.69, 9.17) is 14.7 Å². The Bertz CT molecular complexity index is 700. The van der Waals surface area contributed by atoms with Crippen LogP contribution >= 0.6 is 0 Å². The van der Waals surface area contributed by atoms with Gasteiger partial charge in [-0.1, -0.05) is 24.3 Å². The van der Waals surface area contributed by atoms with Gasteiger partial charge in [0.05, 0.1) is 13.2 Å². The molecule has 23 heavy (non-hydrogen) atoms. The third-order valence-electron chi connectivity index (χ3n) is 3.04. The quantitative estimate of drug-likeness (QED) is 0.852. The summed E-state index contributed by atoms with van der Waals surface area (Å²) < 4.78 is 37.2. The van der Waals surface area contributed by atoms with Crippen LogP contribution in [0.4, 0.5) is 8.78 Å². The van der Waals surface area contributed by atoms with Gasteiger partial charge in [0.2, 0.25) is 0 Å². The minimum absolute atomic E-state index is 0.0210. The molecule has 2 aromatic rings. The van der Waals surface area contributed by atoms with Crippen molar-refractivity contribution in [3.8, 4) is 11.8 Å². The Morgan fingerprint density at radius 2 is 1.78 bits per heavy atom. The van der Waals surface area contributed by atoms with Gasteiger partial charge in [-0.05, 0) is 18.2 Å². The van der Waals surface area contributed by atoms with Crippen molar-refractivity contribution >= 4 is 0 Å². The summed E-state index contributed by atoms with van der Waals surface area (Å²) in [7, 11) is 0. The molecule has 0 aliphatic carbocycles. The molecule has 1 atom stereocenters. The van der Waals surface area contributed by atoms with Crippen LogP contribution in [0.15, 0.2) is 42.5 Å². The summed E-state index contributed by atoms with van der Waals surface area (Å²) in [6.07, 6.45) is -0.989. The summed E-state index contributed by atoms with van der Waals surface area (Å²) in [6, 6.07) is 11.9. The normalized spacial score (nSPS) is 11.7. The second-order valence-electron chi connectivity index (χ2n) is 4.80. The molecule has 1 unspecified atom stereocenters. The molecule has 0 fully saturated rings. The number of hydrogen-bond donors (Lipinski definition) is 1. The smallest absolute Gasteiger partial charge is 0.144 e. The van der Waals surface area contributed by atoms with Crippen molar-refractivity contribution in [2.45, 2.75) is 12.7 Å². The number of benzene rings is 2. The Hall–Kier alpha value is -2.49. The molecular weight excluding hydrogens is 304 g/mol. The highest BCUT2D eigenvalue weighted by atomic mass is 19.1. The number of aliphatic hydroxyl groups is 1. The summed E-state index contributed by atoms with van der Waals surface area (Å²) in [5.74, 6) is -1.01. The Labute approximate surface area is 132 Å². The van der Waals surface area contributed by atoms with Crippen molar-refractivity contribution < 1.29 is 23.4 Å². The molecular formula is C17H15F2NO3. The molecule has 0 radical (unpaired) electrons. The maximum atomic E-state index is 13.4. The van der Waals surface area contributed by atoms with Gasteiger partial charge < -0.3 is 14.6 Å². The molecule has 0 saturated heterocycles. The van der Waals surface area contributed by atoms with Gasteiger partial charge in [0.1, 0.15) is 41.7 Å². The van der Waals surface area contributed by atoms with Crippen LogP contribution in [0.2, 0.25) is 0 Å². The fourth-order valence-electron chi connectivity index (χ4n) is 1.89. The average molecular weight is 319 g/mol. The lowest BCUT2D eigenvalue weighted by Crippen LogP contribution is -2.23. The third-order valence-corrected chi connectivity index (χ3v) is 3.04. The van der Waals surface area contributed by atoms with Crippen LogP contribution in [0.5, 0.6) is 5.75 Å². The summed E-state index contributed by atoms with van der Waals surface area (Å²) >= 11 is 0. The van der Waals surface area contributed by atoms with E-state index in [1.165, 1.54) is 18.2 Å². The molecule has 2 aromatic carbocycles. The van der Waals surface area contributed by atoms with Crippen molar-refractivity contribution in [2.75, 3.05) is 13.2 Å². The maximum absolute atomic E-state index is 13.4. The summed E-state index contributed by atoms with van der Waals surface area (Å²) in [4.78, 5) is 0. The van der Waals surface area contributed by atoms with E-state index in [1.54, 1.807) is 24.3 Å². The lowest BCUT2D eigenvalue weighted by molar-refractivity contribution is 0.00466. The van der Waals surface area contributed by atoms with Crippen LogP contribution in [0.1, 0.15) is 11.1 Å². The van der Waals surface area contributed by atoms with Crippen LogP contribution in [0.3, 0.4) is 0 Å². The van der Waals surface area contributed by atoms with Crippen molar-refractivity contribution in [1.82, 2.24) is 0 Å². The van der Waals surface area contributed by atoms with Crippen molar-refractivity contribution in [2.24, 2.45) is 0 Å². The summed E-state index contributed by atoms with van der Waals surface area (Å²) in [5.41, 5.74) is 0.171. The Kier molecular flexibility index (Phi) is 6.03. The van der Waals surface area contributed by atoms with Gasteiger partial charge in [-0.15, -0.1) is 0 Å². The molecule has 2 rings (SSSR count). The van der Waals surface area contributed by atoms with Crippen LogP contribution < -0.4 is 4.74 Å². The molecule has 6 heteroatoms. The molecule has 0 spiro atoms. The van der Waals surface area contributed by atoms with Crippen LogP contribution in [0.25, 0.3) is 0 Å². The fourth-order valence-corrected chi connectivity index (χ4v) is 1.89. The van der Waals surface area contributed by atoms with Gasteiger partial charge in [0.15, 0.2) is 0 Å². The predicted octanol–water partition coefficient (Wildman–Crippen LogP) is 2.79. The first-order valence-corrected chi connectivity index (χ1v) is 6.92. The molecule has 4 nitrogen and oxygen atoms in total. The third kappa shape index (κ3) is 4.74. The second kappa shape index (κ2) is 8.22. The number of nitriles is 1. The molecule has 0 saturated carbocycles. The SMILES string of the molecule is N#Cc1c(F)cccc1OCC(O)COCc1ccccc1F. The second-order valence-corrected chi connectivity index (χ2v) is 4.80. The Morgan fingerprint density at radius 3 is 2.52 bits per heavy atom. The van der Waals surface area contributed by atoms with Crippen molar-refractivity contribution in [1.29, 1.82) is 5.26 Å². The van der Waals surface area contributed by atoms with Crippen LogP contribution in [0, 0.1) is 23.0 Å². The topological polar surface area (TPSA) is 62.5 Å². The summed E-state index contributed by atoms with van der Waals surface area (Å²) in [5, 5.41) is 18.6. The first-order chi connectivity index (χ1) is 11.1. The van der Waals surface area contributed by atoms with E-state index in [-0.39, 0.29) is 37.0 Å². The van der Waals surface area contributed by atoms with Gasteiger partial charge >= 0.3 is 0 Å². The summed E-state index contributed by atoms with van der Waals surface area (Å²) in [6.45, 7) is -0.228. The molecule has 0 amide bonds. The van der Waals surface area contributed by atoms with E-state index in [2.05, 4.69) is 0 Å². The number of rotatable bonds is 7. The van der Waals surface area contributed by atoms with Gasteiger partial charge in [-0.25, -0.2) is 8.78 Å². The zero-order valence-electron chi connectivity index (χ0n) is 12.2. The lowest BCUT2D eigenvalue weighted by atomic mass is 10.2. The molecule has 0 aliphatic heterocycles. The average Bonchev–Trinajstić information content (AvgIpc) is 2.55. The number of aliphatic hydroxyl groups excluding tert-OH is 1. The van der Waals surface area contributed by atoms with Crippen LogP contribution in [-0.4, -0.2) is 24.4 Å². The minimum atomic E-state index is -0.989. The van der Waals surface area contributed by atoms with Crippen molar-refractivity contribution in [3.05, 3.63) is 65.2 Å². The zero-order chi connectivity index (χ0) is 16.7. The first kappa shape index (κ1) is 16.9.